The molecule has 0 aromatic heterocycles. The van der Waals surface area contributed by atoms with Crippen molar-refractivity contribution in [3.63, 3.8) is 0 Å². The molecule has 4 nitrogen and oxygen atoms in total. The Bertz CT molecular complexity index is 195. The number of aliphatic hydroxyl groups is 1. The summed E-state index contributed by atoms with van der Waals surface area (Å²) >= 11 is 0. The molecule has 2 aliphatic rings. The standard InChI is InChI=1S/C11H22N2O2/c12-9-3-8(4-9)6-13-7-11-5-10(14)1-2-15-11/h8-11,13-14H,1-7,12H2. The van der Waals surface area contributed by atoms with Gasteiger partial charge in [-0.05, 0) is 31.7 Å². The number of nitrogens with two attached hydrogens (primary N) is 1. The Labute approximate surface area is 91.2 Å². The minimum Gasteiger partial charge on any atom is -0.393 e. The third-order valence-corrected chi connectivity index (χ3v) is 3.42. The maximum Gasteiger partial charge on any atom is 0.0724 e. The van der Waals surface area contributed by atoms with Crippen LogP contribution in [0.15, 0.2) is 0 Å². The first-order valence-corrected chi connectivity index (χ1v) is 6.00. The van der Waals surface area contributed by atoms with Crippen molar-refractivity contribution >= 4 is 0 Å². The van der Waals surface area contributed by atoms with E-state index in [1.807, 2.05) is 0 Å². The van der Waals surface area contributed by atoms with Crippen molar-refractivity contribution in [1.29, 1.82) is 0 Å². The van der Waals surface area contributed by atoms with Crippen LogP contribution in [0.4, 0.5) is 0 Å². The van der Waals surface area contributed by atoms with E-state index in [1.165, 1.54) is 0 Å². The van der Waals surface area contributed by atoms with Crippen molar-refractivity contribution in [3.8, 4) is 0 Å². The molecule has 15 heavy (non-hydrogen) atoms. The molecule has 2 unspecified atom stereocenters. The van der Waals surface area contributed by atoms with Gasteiger partial charge in [0.15, 0.2) is 0 Å². The molecule has 88 valence electrons. The summed E-state index contributed by atoms with van der Waals surface area (Å²) in [5.74, 6) is 0.758. The van der Waals surface area contributed by atoms with Crippen molar-refractivity contribution < 1.29 is 9.84 Å². The molecule has 2 fully saturated rings. The Morgan fingerprint density at radius 2 is 2.07 bits per heavy atom. The van der Waals surface area contributed by atoms with Crippen LogP contribution >= 0.6 is 0 Å². The lowest BCUT2D eigenvalue weighted by Gasteiger charge is -2.33. The second-order valence-electron chi connectivity index (χ2n) is 4.93. The molecule has 1 saturated carbocycles. The fraction of sp³-hybridized carbons (Fsp3) is 1.00. The van der Waals surface area contributed by atoms with Crippen LogP contribution in [-0.2, 0) is 4.74 Å². The quantitative estimate of drug-likeness (QED) is 0.609. The van der Waals surface area contributed by atoms with E-state index in [0.717, 1.165) is 44.7 Å². The van der Waals surface area contributed by atoms with Crippen LogP contribution < -0.4 is 11.1 Å². The van der Waals surface area contributed by atoms with Gasteiger partial charge < -0.3 is 20.9 Å². The van der Waals surface area contributed by atoms with Crippen LogP contribution in [0.5, 0.6) is 0 Å². The highest BCUT2D eigenvalue weighted by atomic mass is 16.5. The van der Waals surface area contributed by atoms with Gasteiger partial charge in [-0.2, -0.15) is 0 Å². The Kier molecular flexibility index (Phi) is 3.97. The number of hydrogen-bond acceptors (Lipinski definition) is 4. The van der Waals surface area contributed by atoms with Gasteiger partial charge in [0.25, 0.3) is 0 Å². The molecule has 0 amide bonds. The number of hydrogen-bond donors (Lipinski definition) is 3. The van der Waals surface area contributed by atoms with E-state index in [-0.39, 0.29) is 12.2 Å². The lowest BCUT2D eigenvalue weighted by atomic mass is 9.81. The van der Waals surface area contributed by atoms with E-state index >= 15 is 0 Å². The minimum atomic E-state index is -0.164. The molecule has 1 heterocycles. The number of ether oxygens (including phenoxy) is 1. The predicted octanol–water partition coefficient (Wildman–Crippen LogP) is -0.147. The third kappa shape index (κ3) is 3.41. The molecule has 1 aliphatic heterocycles. The Balaban J connectivity index is 1.53. The summed E-state index contributed by atoms with van der Waals surface area (Å²) in [6.07, 6.45) is 3.90. The highest BCUT2D eigenvalue weighted by Crippen LogP contribution is 2.24. The number of nitrogens with one attached hydrogen (secondary N) is 1. The van der Waals surface area contributed by atoms with Crippen molar-refractivity contribution in [2.24, 2.45) is 11.7 Å². The normalized spacial score (nSPS) is 41.2. The summed E-state index contributed by atoms with van der Waals surface area (Å²) in [6, 6.07) is 0.435. The average molecular weight is 214 g/mol. The summed E-state index contributed by atoms with van der Waals surface area (Å²) in [5, 5.41) is 12.9. The molecule has 2 rings (SSSR count). The lowest BCUT2D eigenvalue weighted by molar-refractivity contribution is -0.0422. The topological polar surface area (TPSA) is 67.5 Å². The first-order chi connectivity index (χ1) is 7.24. The van der Waals surface area contributed by atoms with E-state index in [9.17, 15) is 5.11 Å². The Morgan fingerprint density at radius 3 is 2.73 bits per heavy atom. The van der Waals surface area contributed by atoms with Crippen LogP contribution in [0.2, 0.25) is 0 Å². The van der Waals surface area contributed by atoms with Crippen LogP contribution in [0.3, 0.4) is 0 Å². The zero-order chi connectivity index (χ0) is 10.7. The highest BCUT2D eigenvalue weighted by Gasteiger charge is 2.26. The van der Waals surface area contributed by atoms with Crippen LogP contribution in [0, 0.1) is 5.92 Å². The van der Waals surface area contributed by atoms with Gasteiger partial charge in [0.1, 0.15) is 0 Å². The fourth-order valence-electron chi connectivity index (χ4n) is 2.40. The summed E-state index contributed by atoms with van der Waals surface area (Å²) in [5.41, 5.74) is 5.72. The lowest BCUT2D eigenvalue weighted by Crippen LogP contribution is -2.44. The summed E-state index contributed by atoms with van der Waals surface area (Å²) in [7, 11) is 0. The molecular weight excluding hydrogens is 192 g/mol. The Hall–Kier alpha value is -0.160. The number of aliphatic hydroxyl groups excluding tert-OH is 1. The van der Waals surface area contributed by atoms with Gasteiger partial charge in [-0.3, -0.25) is 0 Å². The van der Waals surface area contributed by atoms with Crippen LogP contribution in [-0.4, -0.2) is 43.1 Å². The van der Waals surface area contributed by atoms with E-state index in [2.05, 4.69) is 5.32 Å². The molecule has 0 spiro atoms. The Morgan fingerprint density at radius 1 is 1.27 bits per heavy atom. The van der Waals surface area contributed by atoms with Gasteiger partial charge >= 0.3 is 0 Å². The molecule has 0 aromatic rings. The van der Waals surface area contributed by atoms with Crippen LogP contribution in [0.1, 0.15) is 25.7 Å². The second-order valence-corrected chi connectivity index (χ2v) is 4.93. The molecule has 4 N–H and O–H groups in total. The zero-order valence-electron chi connectivity index (χ0n) is 9.19. The largest absolute Gasteiger partial charge is 0.393 e. The molecule has 0 aromatic carbocycles. The maximum atomic E-state index is 9.46. The molecule has 2 atom stereocenters. The van der Waals surface area contributed by atoms with Gasteiger partial charge in [-0.25, -0.2) is 0 Å². The summed E-state index contributed by atoms with van der Waals surface area (Å²) in [6.45, 7) is 2.61. The molecule has 1 aliphatic carbocycles. The third-order valence-electron chi connectivity index (χ3n) is 3.42. The van der Waals surface area contributed by atoms with Crippen molar-refractivity contribution in [2.45, 2.75) is 43.9 Å². The zero-order valence-corrected chi connectivity index (χ0v) is 9.19. The fourth-order valence-corrected chi connectivity index (χ4v) is 2.40. The second kappa shape index (κ2) is 5.25. The maximum absolute atomic E-state index is 9.46. The van der Waals surface area contributed by atoms with Crippen molar-refractivity contribution in [3.05, 3.63) is 0 Å². The van der Waals surface area contributed by atoms with Gasteiger partial charge in [0.2, 0.25) is 0 Å². The van der Waals surface area contributed by atoms with Gasteiger partial charge in [0, 0.05) is 25.6 Å². The average Bonchev–Trinajstić information content (AvgIpc) is 2.15. The first-order valence-electron chi connectivity index (χ1n) is 6.00. The molecule has 0 radical (unpaired) electrons. The molecule has 0 bridgehead atoms. The van der Waals surface area contributed by atoms with E-state index in [0.29, 0.717) is 12.6 Å². The van der Waals surface area contributed by atoms with Gasteiger partial charge in [-0.15, -0.1) is 0 Å². The molecule has 1 saturated heterocycles. The smallest absolute Gasteiger partial charge is 0.0724 e. The van der Waals surface area contributed by atoms with E-state index in [4.69, 9.17) is 10.5 Å². The van der Waals surface area contributed by atoms with Gasteiger partial charge in [0.05, 0.1) is 12.2 Å². The first kappa shape index (κ1) is 11.3. The minimum absolute atomic E-state index is 0.164. The summed E-state index contributed by atoms with van der Waals surface area (Å²) < 4.78 is 5.56. The highest BCUT2D eigenvalue weighted by molar-refractivity contribution is 4.84. The SMILES string of the molecule is NC1CC(CNCC2CC(O)CCO2)C1. The summed E-state index contributed by atoms with van der Waals surface area (Å²) in [4.78, 5) is 0. The molecular formula is C11H22N2O2. The van der Waals surface area contributed by atoms with Crippen LogP contribution in [0.25, 0.3) is 0 Å². The van der Waals surface area contributed by atoms with E-state index < -0.39 is 0 Å². The van der Waals surface area contributed by atoms with Crippen molar-refractivity contribution in [2.75, 3.05) is 19.7 Å². The predicted molar refractivity (Wildman–Crippen MR) is 58.5 cm³/mol. The van der Waals surface area contributed by atoms with E-state index in [1.54, 1.807) is 0 Å². The monoisotopic (exact) mass is 214 g/mol. The molecule has 4 heteroatoms. The van der Waals surface area contributed by atoms with Crippen molar-refractivity contribution in [1.82, 2.24) is 5.32 Å². The number of rotatable bonds is 4. The van der Waals surface area contributed by atoms with Gasteiger partial charge in [-0.1, -0.05) is 0 Å².